The molecule has 1 aliphatic carbocycles. The molecular formula is C25H32N4O3S. The number of carbonyl (C=O) groups excluding carboxylic acids is 2. The highest BCUT2D eigenvalue weighted by Gasteiger charge is 2.57. The summed E-state index contributed by atoms with van der Waals surface area (Å²) in [7, 11) is 1.65. The number of urea groups is 1. The van der Waals surface area contributed by atoms with Gasteiger partial charge in [-0.05, 0) is 62.4 Å². The van der Waals surface area contributed by atoms with Gasteiger partial charge in [-0.25, -0.2) is 9.78 Å². The molecular weight excluding hydrogens is 436 g/mol. The maximum Gasteiger partial charge on any atom is 0.325 e. The number of thiazole rings is 1. The van der Waals surface area contributed by atoms with Crippen LogP contribution in [0.1, 0.15) is 49.1 Å². The third-order valence-corrected chi connectivity index (χ3v) is 8.35. The van der Waals surface area contributed by atoms with Crippen molar-refractivity contribution in [2.75, 3.05) is 20.2 Å². The number of carbonyl (C=O) groups is 2. The Hall–Kier alpha value is -2.45. The van der Waals surface area contributed by atoms with Crippen LogP contribution in [0.2, 0.25) is 0 Å². The number of benzene rings is 1. The number of rotatable bonds is 7. The van der Waals surface area contributed by atoms with E-state index in [2.05, 4.69) is 15.2 Å². The smallest absolute Gasteiger partial charge is 0.325 e. The predicted molar refractivity (Wildman–Crippen MR) is 127 cm³/mol. The first kappa shape index (κ1) is 22.3. The molecule has 0 radical (unpaired) electrons. The lowest BCUT2D eigenvalue weighted by molar-refractivity contribution is -0.135. The molecule has 1 saturated carbocycles. The third kappa shape index (κ3) is 4.38. The molecule has 0 unspecified atom stereocenters. The first-order chi connectivity index (χ1) is 16.1. The second kappa shape index (κ2) is 9.43. The lowest BCUT2D eigenvalue weighted by atomic mass is 9.73. The number of ether oxygens (including phenoxy) is 1. The molecule has 2 aliphatic heterocycles. The molecule has 1 N–H and O–H groups in total. The molecule has 7 nitrogen and oxygen atoms in total. The third-order valence-electron chi connectivity index (χ3n) is 7.58. The van der Waals surface area contributed by atoms with Crippen molar-refractivity contribution in [3.05, 3.63) is 46.4 Å². The number of amides is 3. The second-order valence-electron chi connectivity index (χ2n) is 9.52. The summed E-state index contributed by atoms with van der Waals surface area (Å²) in [5, 5.41) is 6.36. The van der Waals surface area contributed by atoms with Crippen LogP contribution in [-0.4, -0.2) is 58.5 Å². The Balaban J connectivity index is 1.39. The van der Waals surface area contributed by atoms with E-state index in [1.165, 1.54) is 0 Å². The molecule has 33 heavy (non-hydrogen) atoms. The molecule has 2 saturated heterocycles. The van der Waals surface area contributed by atoms with E-state index in [0.29, 0.717) is 6.42 Å². The molecule has 0 spiro atoms. The van der Waals surface area contributed by atoms with Crippen LogP contribution in [-0.2, 0) is 17.8 Å². The summed E-state index contributed by atoms with van der Waals surface area (Å²) >= 11 is 1.68. The van der Waals surface area contributed by atoms with Crippen molar-refractivity contribution < 1.29 is 14.3 Å². The molecule has 5 rings (SSSR count). The number of nitrogens with zero attached hydrogens (tertiary/aromatic N) is 3. The van der Waals surface area contributed by atoms with Gasteiger partial charge in [0.2, 0.25) is 0 Å². The van der Waals surface area contributed by atoms with Crippen LogP contribution >= 0.6 is 11.3 Å². The average Bonchev–Trinajstić information content (AvgIpc) is 3.58. The van der Waals surface area contributed by atoms with Crippen molar-refractivity contribution >= 4 is 23.3 Å². The first-order valence-corrected chi connectivity index (χ1v) is 12.9. The van der Waals surface area contributed by atoms with Gasteiger partial charge in [0.15, 0.2) is 0 Å². The zero-order valence-electron chi connectivity index (χ0n) is 19.2. The zero-order valence-corrected chi connectivity index (χ0v) is 20.0. The van der Waals surface area contributed by atoms with E-state index in [1.54, 1.807) is 23.3 Å². The van der Waals surface area contributed by atoms with E-state index in [0.717, 1.165) is 74.5 Å². The average molecular weight is 469 g/mol. The highest BCUT2D eigenvalue weighted by molar-refractivity contribution is 7.09. The number of nitrogens with one attached hydrogen (secondary N) is 1. The maximum absolute atomic E-state index is 14.0. The summed E-state index contributed by atoms with van der Waals surface area (Å²) in [6, 6.07) is 7.70. The van der Waals surface area contributed by atoms with Gasteiger partial charge < -0.3 is 10.1 Å². The summed E-state index contributed by atoms with van der Waals surface area (Å²) in [5.41, 5.74) is 0.126. The molecule has 1 aromatic heterocycles. The van der Waals surface area contributed by atoms with Crippen LogP contribution in [0.3, 0.4) is 0 Å². The number of hydrogen-bond acceptors (Lipinski definition) is 6. The number of aromatic nitrogens is 1. The van der Waals surface area contributed by atoms with Gasteiger partial charge in [0.05, 0.1) is 13.7 Å². The van der Waals surface area contributed by atoms with E-state index >= 15 is 0 Å². The summed E-state index contributed by atoms with van der Waals surface area (Å²) in [4.78, 5) is 35.6. The minimum absolute atomic E-state index is 0.0272. The van der Waals surface area contributed by atoms with Gasteiger partial charge in [-0.1, -0.05) is 25.0 Å². The summed E-state index contributed by atoms with van der Waals surface area (Å²) < 4.78 is 5.42. The molecule has 3 heterocycles. The number of methoxy groups -OCH3 is 1. The Morgan fingerprint density at radius 2 is 1.97 bits per heavy atom. The quantitative estimate of drug-likeness (QED) is 0.625. The van der Waals surface area contributed by atoms with Crippen molar-refractivity contribution in [2.45, 2.75) is 63.1 Å². The molecule has 1 aromatic carbocycles. The molecule has 3 aliphatic rings. The predicted octanol–water partition coefficient (Wildman–Crippen LogP) is 3.84. The van der Waals surface area contributed by atoms with Gasteiger partial charge in [0.1, 0.15) is 16.3 Å². The molecule has 3 amide bonds. The van der Waals surface area contributed by atoms with Gasteiger partial charge in [0, 0.05) is 24.0 Å². The number of hydrogen-bond donors (Lipinski definition) is 1. The van der Waals surface area contributed by atoms with Crippen molar-refractivity contribution in [1.29, 1.82) is 0 Å². The number of imide groups is 1. The van der Waals surface area contributed by atoms with Crippen molar-refractivity contribution in [1.82, 2.24) is 20.1 Å². The van der Waals surface area contributed by atoms with Crippen LogP contribution in [0, 0.1) is 5.92 Å². The Morgan fingerprint density at radius 3 is 2.67 bits per heavy atom. The van der Waals surface area contributed by atoms with Crippen LogP contribution in [0.15, 0.2) is 35.8 Å². The topological polar surface area (TPSA) is 74.8 Å². The van der Waals surface area contributed by atoms with Crippen molar-refractivity contribution in [3.63, 3.8) is 0 Å². The molecule has 3 fully saturated rings. The van der Waals surface area contributed by atoms with Gasteiger partial charge in [-0.3, -0.25) is 14.6 Å². The van der Waals surface area contributed by atoms with Crippen LogP contribution in [0.25, 0.3) is 0 Å². The molecule has 2 aromatic rings. The zero-order chi connectivity index (χ0) is 22.8. The normalized spacial score (nSPS) is 25.1. The highest BCUT2D eigenvalue weighted by atomic mass is 32.1. The minimum atomic E-state index is -0.890. The maximum atomic E-state index is 14.0. The SMILES string of the molecule is COc1cccc(C[C@@]2(C3CCN(Cc4nccs4)CC3)NC(=O)N(C3CCCC3)C2=O)c1. The standard InChI is InChI=1S/C25H32N4O3S/c1-32-21-8-4-5-18(15-21)16-25(23(30)29(24(31)27-25)20-6-2-3-7-20)19-9-12-28(13-10-19)17-22-26-11-14-33-22/h4-5,8,11,14-15,19-20H,2-3,6-7,9-10,12-13,16-17H2,1H3,(H,27,31)/t25-/m0/s1. The number of piperidine rings is 1. The van der Waals surface area contributed by atoms with Crippen LogP contribution < -0.4 is 10.1 Å². The summed E-state index contributed by atoms with van der Waals surface area (Å²) in [5.74, 6) is 0.838. The number of likely N-dealkylation sites (tertiary alicyclic amines) is 1. The van der Waals surface area contributed by atoms with E-state index < -0.39 is 5.54 Å². The van der Waals surface area contributed by atoms with E-state index in [-0.39, 0.29) is 23.9 Å². The van der Waals surface area contributed by atoms with Crippen LogP contribution in [0.4, 0.5) is 4.79 Å². The highest BCUT2D eigenvalue weighted by Crippen LogP contribution is 2.39. The summed E-state index contributed by atoms with van der Waals surface area (Å²) in [6.07, 6.45) is 8.09. The van der Waals surface area contributed by atoms with Gasteiger partial charge in [0.25, 0.3) is 5.91 Å². The van der Waals surface area contributed by atoms with E-state index in [4.69, 9.17) is 4.74 Å². The Kier molecular flexibility index (Phi) is 6.38. The largest absolute Gasteiger partial charge is 0.497 e. The fourth-order valence-electron chi connectivity index (χ4n) is 5.86. The first-order valence-electron chi connectivity index (χ1n) is 12.0. The fraction of sp³-hybridized carbons (Fsp3) is 0.560. The van der Waals surface area contributed by atoms with E-state index in [9.17, 15) is 9.59 Å². The van der Waals surface area contributed by atoms with Gasteiger partial charge in [-0.15, -0.1) is 11.3 Å². The molecule has 8 heteroatoms. The molecule has 176 valence electrons. The van der Waals surface area contributed by atoms with Crippen LogP contribution in [0.5, 0.6) is 5.75 Å². The molecule has 1 atom stereocenters. The monoisotopic (exact) mass is 468 g/mol. The van der Waals surface area contributed by atoms with Gasteiger partial charge in [-0.2, -0.15) is 0 Å². The Morgan fingerprint density at radius 1 is 1.18 bits per heavy atom. The van der Waals surface area contributed by atoms with Crippen molar-refractivity contribution in [2.24, 2.45) is 5.92 Å². The summed E-state index contributed by atoms with van der Waals surface area (Å²) in [6.45, 7) is 2.65. The Labute approximate surface area is 199 Å². The van der Waals surface area contributed by atoms with Gasteiger partial charge >= 0.3 is 6.03 Å². The molecule has 0 bridgehead atoms. The lowest BCUT2D eigenvalue weighted by Gasteiger charge is -2.41. The second-order valence-corrected chi connectivity index (χ2v) is 10.5. The fourth-order valence-corrected chi connectivity index (χ4v) is 6.51. The van der Waals surface area contributed by atoms with Crippen molar-refractivity contribution in [3.8, 4) is 5.75 Å². The lowest BCUT2D eigenvalue weighted by Crippen LogP contribution is -2.57. The van der Waals surface area contributed by atoms with E-state index in [1.807, 2.05) is 35.8 Å². The Bertz CT molecular complexity index is 983. The minimum Gasteiger partial charge on any atom is -0.497 e.